The molecule has 10 heteroatoms. The maximum absolute atomic E-state index is 12.1. The molecule has 1 aromatic carbocycles. The van der Waals surface area contributed by atoms with E-state index in [0.717, 1.165) is 12.3 Å². The zero-order valence-electron chi connectivity index (χ0n) is 10.7. The molecule has 0 aromatic heterocycles. The predicted molar refractivity (Wildman–Crippen MR) is 70.3 cm³/mol. The van der Waals surface area contributed by atoms with Gasteiger partial charge >= 0.3 is 0 Å². The molecular formula is C10H14F2N2O4S2. The average molecular weight is 328 g/mol. The van der Waals surface area contributed by atoms with Gasteiger partial charge in [-0.1, -0.05) is 0 Å². The smallest absolute Gasteiger partial charge is 0.251 e. The van der Waals surface area contributed by atoms with E-state index in [2.05, 4.69) is 5.32 Å². The SMILES string of the molecule is CNc1ccc(S(C)(=O)=O)cc1S(=O)(=O)NCC(F)F. The van der Waals surface area contributed by atoms with Crippen molar-refractivity contribution in [3.63, 3.8) is 0 Å². The Morgan fingerprint density at radius 3 is 2.25 bits per heavy atom. The molecule has 0 amide bonds. The fraction of sp³-hybridized carbons (Fsp3) is 0.400. The Labute approximate surface area is 116 Å². The van der Waals surface area contributed by atoms with Crippen LogP contribution in [0.5, 0.6) is 0 Å². The van der Waals surface area contributed by atoms with Crippen LogP contribution < -0.4 is 10.0 Å². The van der Waals surface area contributed by atoms with Gasteiger partial charge in [0.2, 0.25) is 10.0 Å². The minimum absolute atomic E-state index is 0.110. The van der Waals surface area contributed by atoms with Crippen molar-refractivity contribution in [1.82, 2.24) is 4.72 Å². The number of rotatable bonds is 6. The highest BCUT2D eigenvalue weighted by molar-refractivity contribution is 7.91. The van der Waals surface area contributed by atoms with Crippen molar-refractivity contribution in [2.24, 2.45) is 0 Å². The van der Waals surface area contributed by atoms with E-state index in [0.29, 0.717) is 0 Å². The third-order valence-corrected chi connectivity index (χ3v) is 4.94. The monoisotopic (exact) mass is 328 g/mol. The first kappa shape index (κ1) is 16.8. The van der Waals surface area contributed by atoms with Crippen molar-refractivity contribution in [3.8, 4) is 0 Å². The normalized spacial score (nSPS) is 12.7. The fourth-order valence-corrected chi connectivity index (χ4v) is 3.38. The van der Waals surface area contributed by atoms with Gasteiger partial charge in [-0.25, -0.2) is 30.3 Å². The highest BCUT2D eigenvalue weighted by atomic mass is 32.2. The first-order valence-electron chi connectivity index (χ1n) is 5.37. The van der Waals surface area contributed by atoms with Crippen LogP contribution >= 0.6 is 0 Å². The summed E-state index contributed by atoms with van der Waals surface area (Å²) < 4.78 is 72.6. The molecule has 0 spiro atoms. The fourth-order valence-electron chi connectivity index (χ4n) is 1.41. The van der Waals surface area contributed by atoms with E-state index in [-0.39, 0.29) is 10.6 Å². The third-order valence-electron chi connectivity index (χ3n) is 2.37. The third kappa shape index (κ3) is 4.12. The van der Waals surface area contributed by atoms with Gasteiger partial charge in [0.05, 0.1) is 17.1 Å². The van der Waals surface area contributed by atoms with E-state index in [9.17, 15) is 25.6 Å². The molecule has 0 fully saturated rings. The molecule has 0 aliphatic carbocycles. The zero-order chi connectivity index (χ0) is 15.6. The maximum atomic E-state index is 12.1. The number of hydrogen-bond donors (Lipinski definition) is 2. The van der Waals surface area contributed by atoms with Crippen LogP contribution in [-0.4, -0.2) is 43.1 Å². The van der Waals surface area contributed by atoms with Crippen molar-refractivity contribution in [3.05, 3.63) is 18.2 Å². The number of halogens is 2. The number of hydrogen-bond acceptors (Lipinski definition) is 5. The summed E-state index contributed by atoms with van der Waals surface area (Å²) in [6.07, 6.45) is -1.93. The summed E-state index contributed by atoms with van der Waals surface area (Å²) in [6, 6.07) is 3.41. The van der Waals surface area contributed by atoms with E-state index >= 15 is 0 Å². The minimum atomic E-state index is -4.24. The average Bonchev–Trinajstić information content (AvgIpc) is 2.34. The van der Waals surface area contributed by atoms with Crippen LogP contribution in [0.25, 0.3) is 0 Å². The molecule has 0 bridgehead atoms. The quantitative estimate of drug-likeness (QED) is 0.801. The number of benzene rings is 1. The Morgan fingerprint density at radius 2 is 1.80 bits per heavy atom. The summed E-state index contributed by atoms with van der Waals surface area (Å²) in [5.41, 5.74) is 0.110. The highest BCUT2D eigenvalue weighted by Gasteiger charge is 2.22. The van der Waals surface area contributed by atoms with Crippen molar-refractivity contribution < 1.29 is 25.6 Å². The molecule has 0 aliphatic heterocycles. The Morgan fingerprint density at radius 1 is 1.20 bits per heavy atom. The number of alkyl halides is 2. The van der Waals surface area contributed by atoms with Crippen LogP contribution in [0.3, 0.4) is 0 Å². The summed E-state index contributed by atoms with van der Waals surface area (Å²) in [6.45, 7) is -1.05. The van der Waals surface area contributed by atoms with Crippen LogP contribution in [-0.2, 0) is 19.9 Å². The molecule has 0 aliphatic rings. The topological polar surface area (TPSA) is 92.3 Å². The summed E-state index contributed by atoms with van der Waals surface area (Å²) in [5.74, 6) is 0. The van der Waals surface area contributed by atoms with Gasteiger partial charge in [-0.15, -0.1) is 0 Å². The number of sulfone groups is 1. The molecule has 0 unspecified atom stereocenters. The van der Waals surface area contributed by atoms with Gasteiger partial charge in [0.1, 0.15) is 4.90 Å². The standard InChI is InChI=1S/C10H14F2N2O4S2/c1-13-8-4-3-7(19(2,15)16)5-9(8)20(17,18)14-6-10(11)12/h3-5,10,13-14H,6H2,1-2H3. The molecule has 0 saturated heterocycles. The summed E-state index contributed by atoms with van der Waals surface area (Å²) in [7, 11) is -6.42. The minimum Gasteiger partial charge on any atom is -0.387 e. The molecule has 0 radical (unpaired) electrons. The lowest BCUT2D eigenvalue weighted by atomic mass is 10.3. The molecule has 0 atom stereocenters. The van der Waals surface area contributed by atoms with Crippen LogP contribution in [0.4, 0.5) is 14.5 Å². The van der Waals surface area contributed by atoms with E-state index in [1.165, 1.54) is 19.2 Å². The first-order valence-corrected chi connectivity index (χ1v) is 8.75. The van der Waals surface area contributed by atoms with Crippen molar-refractivity contribution >= 4 is 25.5 Å². The van der Waals surface area contributed by atoms with Gasteiger partial charge in [0.25, 0.3) is 6.43 Å². The maximum Gasteiger partial charge on any atom is 0.251 e. The predicted octanol–water partition coefficient (Wildman–Crippen LogP) is 0.675. The van der Waals surface area contributed by atoms with Crippen LogP contribution in [0.1, 0.15) is 0 Å². The second-order valence-electron chi connectivity index (χ2n) is 3.92. The molecule has 0 saturated carbocycles. The lowest BCUT2D eigenvalue weighted by molar-refractivity contribution is 0.153. The van der Waals surface area contributed by atoms with E-state index in [1.807, 2.05) is 0 Å². The van der Waals surface area contributed by atoms with Gasteiger partial charge in [-0.05, 0) is 18.2 Å². The van der Waals surface area contributed by atoms with Gasteiger partial charge in [0, 0.05) is 13.3 Å². The molecule has 0 heterocycles. The molecule has 6 nitrogen and oxygen atoms in total. The summed E-state index contributed by atoms with van der Waals surface area (Å²) >= 11 is 0. The van der Waals surface area contributed by atoms with E-state index in [4.69, 9.17) is 0 Å². The van der Waals surface area contributed by atoms with Crippen molar-refractivity contribution in [2.45, 2.75) is 16.2 Å². The summed E-state index contributed by atoms with van der Waals surface area (Å²) in [4.78, 5) is -0.613. The largest absolute Gasteiger partial charge is 0.387 e. The number of sulfonamides is 1. The molecule has 1 aromatic rings. The van der Waals surface area contributed by atoms with E-state index < -0.39 is 37.7 Å². The van der Waals surface area contributed by atoms with Crippen LogP contribution in [0.15, 0.2) is 28.0 Å². The summed E-state index contributed by atoms with van der Waals surface area (Å²) in [5, 5.41) is 2.57. The molecule has 2 N–H and O–H groups in total. The molecular weight excluding hydrogens is 314 g/mol. The lowest BCUT2D eigenvalue weighted by Crippen LogP contribution is -2.29. The first-order chi connectivity index (χ1) is 9.08. The second-order valence-corrected chi connectivity index (χ2v) is 7.67. The Bertz CT molecular complexity index is 687. The Hall–Kier alpha value is -1.26. The second kappa shape index (κ2) is 6.02. The van der Waals surface area contributed by atoms with Gasteiger partial charge < -0.3 is 5.32 Å². The molecule has 1 rings (SSSR count). The molecule has 20 heavy (non-hydrogen) atoms. The van der Waals surface area contributed by atoms with Crippen molar-refractivity contribution in [2.75, 3.05) is 25.2 Å². The van der Waals surface area contributed by atoms with Gasteiger partial charge in [-0.2, -0.15) is 0 Å². The molecule has 114 valence electrons. The zero-order valence-corrected chi connectivity index (χ0v) is 12.4. The van der Waals surface area contributed by atoms with Gasteiger partial charge in [-0.3, -0.25) is 0 Å². The number of nitrogens with one attached hydrogen (secondary N) is 2. The lowest BCUT2D eigenvalue weighted by Gasteiger charge is -2.12. The van der Waals surface area contributed by atoms with Crippen LogP contribution in [0.2, 0.25) is 0 Å². The Kier molecular flexibility index (Phi) is 5.05. The highest BCUT2D eigenvalue weighted by Crippen LogP contribution is 2.24. The van der Waals surface area contributed by atoms with Gasteiger partial charge in [0.15, 0.2) is 9.84 Å². The van der Waals surface area contributed by atoms with Crippen molar-refractivity contribution in [1.29, 1.82) is 0 Å². The van der Waals surface area contributed by atoms with E-state index in [1.54, 1.807) is 4.72 Å². The number of anilines is 1. The Balaban J connectivity index is 3.34. The van der Waals surface area contributed by atoms with Crippen LogP contribution in [0, 0.1) is 0 Å².